The van der Waals surface area contributed by atoms with Gasteiger partial charge in [0.2, 0.25) is 0 Å². The molecule has 1 aromatic carbocycles. The van der Waals surface area contributed by atoms with Gasteiger partial charge in [-0.05, 0) is 37.2 Å². The first-order chi connectivity index (χ1) is 8.63. The fourth-order valence-electron chi connectivity index (χ4n) is 1.81. The van der Waals surface area contributed by atoms with Gasteiger partial charge in [-0.2, -0.15) is 0 Å². The SMILES string of the molecule is Fc1cc(F)cc(NC(=S)NCC2CCCO2)c1. The van der Waals surface area contributed by atoms with Gasteiger partial charge in [0.1, 0.15) is 11.6 Å². The molecular weight excluding hydrogens is 258 g/mol. The van der Waals surface area contributed by atoms with E-state index >= 15 is 0 Å². The molecule has 1 atom stereocenters. The molecule has 0 saturated carbocycles. The zero-order chi connectivity index (χ0) is 13.0. The second kappa shape index (κ2) is 6.06. The smallest absolute Gasteiger partial charge is 0.170 e. The third kappa shape index (κ3) is 3.89. The van der Waals surface area contributed by atoms with Crippen LogP contribution in [0.15, 0.2) is 18.2 Å². The van der Waals surface area contributed by atoms with Crippen molar-refractivity contribution in [3.63, 3.8) is 0 Å². The van der Waals surface area contributed by atoms with Crippen molar-refractivity contribution in [2.75, 3.05) is 18.5 Å². The first kappa shape index (κ1) is 13.2. The molecule has 2 N–H and O–H groups in total. The highest BCUT2D eigenvalue weighted by atomic mass is 32.1. The van der Waals surface area contributed by atoms with Gasteiger partial charge in [0.05, 0.1) is 6.10 Å². The van der Waals surface area contributed by atoms with E-state index in [1.807, 2.05) is 0 Å². The van der Waals surface area contributed by atoms with Crippen molar-refractivity contribution in [1.29, 1.82) is 0 Å². The summed E-state index contributed by atoms with van der Waals surface area (Å²) in [6.45, 7) is 1.38. The van der Waals surface area contributed by atoms with Crippen LogP contribution < -0.4 is 10.6 Å². The van der Waals surface area contributed by atoms with Crippen LogP contribution in [0, 0.1) is 11.6 Å². The molecule has 3 nitrogen and oxygen atoms in total. The third-order valence-corrected chi connectivity index (χ3v) is 2.88. The minimum absolute atomic E-state index is 0.161. The van der Waals surface area contributed by atoms with E-state index in [-0.39, 0.29) is 11.8 Å². The summed E-state index contributed by atoms with van der Waals surface area (Å²) in [6, 6.07) is 3.18. The molecule has 0 bridgehead atoms. The van der Waals surface area contributed by atoms with E-state index in [2.05, 4.69) is 10.6 Å². The molecule has 1 fully saturated rings. The molecule has 98 valence electrons. The monoisotopic (exact) mass is 272 g/mol. The molecule has 0 spiro atoms. The summed E-state index contributed by atoms with van der Waals surface area (Å²) in [5, 5.41) is 6.02. The lowest BCUT2D eigenvalue weighted by Crippen LogP contribution is -2.34. The van der Waals surface area contributed by atoms with E-state index in [9.17, 15) is 8.78 Å². The number of thiocarbonyl (C=S) groups is 1. The number of rotatable bonds is 3. The fraction of sp³-hybridized carbons (Fsp3) is 0.417. The second-order valence-corrected chi connectivity index (χ2v) is 4.54. The van der Waals surface area contributed by atoms with E-state index in [0.29, 0.717) is 11.7 Å². The Bertz CT molecular complexity index is 416. The zero-order valence-electron chi connectivity index (χ0n) is 9.71. The predicted octanol–water partition coefficient (Wildman–Crippen LogP) is 2.43. The van der Waals surface area contributed by atoms with Crippen LogP contribution in [0.2, 0.25) is 0 Å². The number of anilines is 1. The Kier molecular flexibility index (Phi) is 4.43. The topological polar surface area (TPSA) is 33.3 Å². The average Bonchev–Trinajstić information content (AvgIpc) is 2.77. The van der Waals surface area contributed by atoms with Gasteiger partial charge in [-0.1, -0.05) is 0 Å². The molecule has 1 aliphatic heterocycles. The minimum atomic E-state index is -0.639. The summed E-state index contributed by atoms with van der Waals surface area (Å²) < 4.78 is 31.3. The highest BCUT2D eigenvalue weighted by molar-refractivity contribution is 7.80. The molecule has 1 heterocycles. The standard InChI is InChI=1S/C12H14F2N2OS/c13-8-4-9(14)6-10(5-8)16-12(18)15-7-11-2-1-3-17-11/h4-6,11H,1-3,7H2,(H2,15,16,18). The molecule has 18 heavy (non-hydrogen) atoms. The highest BCUT2D eigenvalue weighted by Crippen LogP contribution is 2.13. The van der Waals surface area contributed by atoms with Crippen molar-refractivity contribution < 1.29 is 13.5 Å². The van der Waals surface area contributed by atoms with Crippen molar-refractivity contribution in [3.05, 3.63) is 29.8 Å². The second-order valence-electron chi connectivity index (χ2n) is 4.13. The maximum Gasteiger partial charge on any atom is 0.170 e. The largest absolute Gasteiger partial charge is 0.376 e. The van der Waals surface area contributed by atoms with E-state index in [1.165, 1.54) is 12.1 Å². The van der Waals surface area contributed by atoms with Gasteiger partial charge in [0.15, 0.2) is 5.11 Å². The molecule has 6 heteroatoms. The summed E-state index contributed by atoms with van der Waals surface area (Å²) in [5.41, 5.74) is 0.289. The van der Waals surface area contributed by atoms with Crippen molar-refractivity contribution in [3.8, 4) is 0 Å². The first-order valence-corrected chi connectivity index (χ1v) is 6.17. The Labute approximate surface area is 110 Å². The Morgan fingerprint density at radius 3 is 2.67 bits per heavy atom. The van der Waals surface area contributed by atoms with Crippen LogP contribution >= 0.6 is 12.2 Å². The lowest BCUT2D eigenvalue weighted by atomic mass is 10.2. The molecule has 1 aromatic rings. The maximum atomic E-state index is 12.9. The molecule has 0 amide bonds. The molecule has 1 aliphatic rings. The van der Waals surface area contributed by atoms with Crippen LogP contribution in [0.25, 0.3) is 0 Å². The zero-order valence-corrected chi connectivity index (χ0v) is 10.5. The maximum absolute atomic E-state index is 12.9. The van der Waals surface area contributed by atoms with Crippen LogP contribution in [-0.4, -0.2) is 24.4 Å². The Hall–Kier alpha value is -1.27. The van der Waals surface area contributed by atoms with Crippen molar-refractivity contribution in [2.45, 2.75) is 18.9 Å². The van der Waals surface area contributed by atoms with Gasteiger partial charge >= 0.3 is 0 Å². The molecule has 1 unspecified atom stereocenters. The van der Waals surface area contributed by atoms with Gasteiger partial charge in [-0.3, -0.25) is 0 Å². The lowest BCUT2D eigenvalue weighted by Gasteiger charge is -2.14. The predicted molar refractivity (Wildman–Crippen MR) is 69.6 cm³/mol. The van der Waals surface area contributed by atoms with Crippen LogP contribution in [0.5, 0.6) is 0 Å². The number of halogens is 2. The third-order valence-electron chi connectivity index (χ3n) is 2.63. The number of hydrogen-bond acceptors (Lipinski definition) is 2. The van der Waals surface area contributed by atoms with Gasteiger partial charge < -0.3 is 15.4 Å². The van der Waals surface area contributed by atoms with Crippen LogP contribution in [0.4, 0.5) is 14.5 Å². The quantitative estimate of drug-likeness (QED) is 0.828. The molecule has 2 rings (SSSR count). The molecule has 0 aromatic heterocycles. The van der Waals surface area contributed by atoms with Gasteiger partial charge in [-0.15, -0.1) is 0 Å². The normalized spacial score (nSPS) is 18.7. The number of hydrogen-bond donors (Lipinski definition) is 2. The fourth-order valence-corrected chi connectivity index (χ4v) is 2.01. The first-order valence-electron chi connectivity index (χ1n) is 5.76. The van der Waals surface area contributed by atoms with Crippen molar-refractivity contribution in [1.82, 2.24) is 5.32 Å². The molecule has 0 radical (unpaired) electrons. The van der Waals surface area contributed by atoms with Crippen molar-refractivity contribution >= 4 is 23.0 Å². The number of benzene rings is 1. The summed E-state index contributed by atoms with van der Waals surface area (Å²) in [4.78, 5) is 0. The van der Waals surface area contributed by atoms with Crippen LogP contribution in [-0.2, 0) is 4.74 Å². The molecule has 0 aliphatic carbocycles. The number of ether oxygens (including phenoxy) is 1. The lowest BCUT2D eigenvalue weighted by molar-refractivity contribution is 0.114. The summed E-state index contributed by atoms with van der Waals surface area (Å²) in [5.74, 6) is -1.28. The van der Waals surface area contributed by atoms with Gasteiger partial charge in [0.25, 0.3) is 0 Å². The summed E-state index contributed by atoms with van der Waals surface area (Å²) >= 11 is 5.03. The van der Waals surface area contributed by atoms with Crippen LogP contribution in [0.1, 0.15) is 12.8 Å². The molecular formula is C12H14F2N2OS. The van der Waals surface area contributed by atoms with E-state index in [4.69, 9.17) is 17.0 Å². The Morgan fingerprint density at radius 1 is 1.33 bits per heavy atom. The summed E-state index contributed by atoms with van der Waals surface area (Å²) in [6.07, 6.45) is 2.22. The Balaban J connectivity index is 1.82. The number of nitrogens with one attached hydrogen (secondary N) is 2. The van der Waals surface area contributed by atoms with Crippen molar-refractivity contribution in [2.24, 2.45) is 0 Å². The minimum Gasteiger partial charge on any atom is -0.376 e. The van der Waals surface area contributed by atoms with E-state index in [0.717, 1.165) is 25.5 Å². The Morgan fingerprint density at radius 2 is 2.06 bits per heavy atom. The van der Waals surface area contributed by atoms with E-state index in [1.54, 1.807) is 0 Å². The summed E-state index contributed by atoms with van der Waals surface area (Å²) in [7, 11) is 0. The molecule has 1 saturated heterocycles. The van der Waals surface area contributed by atoms with E-state index < -0.39 is 11.6 Å². The highest BCUT2D eigenvalue weighted by Gasteiger charge is 2.15. The van der Waals surface area contributed by atoms with Gasteiger partial charge in [-0.25, -0.2) is 8.78 Å². The van der Waals surface area contributed by atoms with Crippen LogP contribution in [0.3, 0.4) is 0 Å². The van der Waals surface area contributed by atoms with Gasteiger partial charge in [0, 0.05) is 24.9 Å². The average molecular weight is 272 g/mol.